The average molecular weight is 165 g/mol. The molecule has 4 heteroatoms. The predicted octanol–water partition coefficient (Wildman–Crippen LogP) is 0.723. The summed E-state index contributed by atoms with van der Waals surface area (Å²) in [5.74, 6) is 0.192. The van der Waals surface area contributed by atoms with Gasteiger partial charge in [-0.1, -0.05) is 6.07 Å². The Hall–Kier alpha value is -1.71. The van der Waals surface area contributed by atoms with Crippen molar-refractivity contribution in [3.05, 3.63) is 18.2 Å². The van der Waals surface area contributed by atoms with E-state index in [-0.39, 0.29) is 18.3 Å². The number of hydrogen-bond acceptors (Lipinski definition) is 3. The van der Waals surface area contributed by atoms with Crippen molar-refractivity contribution < 1.29 is 14.6 Å². The number of amides is 1. The zero-order valence-electron chi connectivity index (χ0n) is 6.20. The van der Waals surface area contributed by atoms with Crippen molar-refractivity contribution in [3.63, 3.8) is 0 Å². The highest BCUT2D eigenvalue weighted by atomic mass is 16.5. The summed E-state index contributed by atoms with van der Waals surface area (Å²) >= 11 is 0. The van der Waals surface area contributed by atoms with E-state index in [4.69, 9.17) is 4.74 Å². The summed E-state index contributed by atoms with van der Waals surface area (Å²) in [5, 5.41) is 11.8. The van der Waals surface area contributed by atoms with Gasteiger partial charge in [0.25, 0.3) is 5.91 Å². The van der Waals surface area contributed by atoms with Crippen molar-refractivity contribution in [3.8, 4) is 11.5 Å². The van der Waals surface area contributed by atoms with Gasteiger partial charge in [0.05, 0.1) is 5.69 Å². The first kappa shape index (κ1) is 6.97. The molecule has 0 aromatic heterocycles. The monoisotopic (exact) mass is 165 g/mol. The average Bonchev–Trinajstić information content (AvgIpc) is 2.04. The number of phenolic OH excluding ortho intramolecular Hbond substituents is 1. The van der Waals surface area contributed by atoms with Crippen LogP contribution in [0.2, 0.25) is 0 Å². The SMILES string of the molecule is O=C1COc2c(O)cccc2N1. The van der Waals surface area contributed by atoms with Crippen molar-refractivity contribution in [1.29, 1.82) is 0 Å². The van der Waals surface area contributed by atoms with Gasteiger partial charge in [-0.05, 0) is 12.1 Å². The molecule has 2 rings (SSSR count). The second kappa shape index (κ2) is 2.41. The molecule has 1 aromatic rings. The van der Waals surface area contributed by atoms with Crippen LogP contribution in [0.25, 0.3) is 0 Å². The largest absolute Gasteiger partial charge is 0.504 e. The molecule has 0 radical (unpaired) electrons. The minimum Gasteiger partial charge on any atom is -0.504 e. The Bertz CT molecular complexity index is 335. The summed E-state index contributed by atoms with van der Waals surface area (Å²) in [6.07, 6.45) is 0. The number of fused-ring (bicyclic) bond motifs is 1. The van der Waals surface area contributed by atoms with E-state index in [0.29, 0.717) is 11.4 Å². The summed E-state index contributed by atoms with van der Waals surface area (Å²) in [6.45, 7) is -0.0371. The number of phenols is 1. The van der Waals surface area contributed by atoms with Crippen LogP contribution in [0.1, 0.15) is 0 Å². The zero-order valence-corrected chi connectivity index (χ0v) is 6.20. The molecule has 2 N–H and O–H groups in total. The van der Waals surface area contributed by atoms with E-state index in [1.54, 1.807) is 12.1 Å². The maximum atomic E-state index is 10.8. The Morgan fingerprint density at radius 2 is 2.33 bits per heavy atom. The lowest BCUT2D eigenvalue weighted by atomic mass is 10.2. The van der Waals surface area contributed by atoms with Gasteiger partial charge >= 0.3 is 0 Å². The van der Waals surface area contributed by atoms with Crippen LogP contribution in [-0.2, 0) is 4.79 Å². The minimum absolute atomic E-state index is 0.0371. The van der Waals surface area contributed by atoms with Crippen LogP contribution in [0, 0.1) is 0 Å². The molecule has 0 bridgehead atoms. The van der Waals surface area contributed by atoms with E-state index in [9.17, 15) is 9.90 Å². The normalized spacial score (nSPS) is 14.5. The lowest BCUT2D eigenvalue weighted by Crippen LogP contribution is -2.25. The number of rotatable bonds is 0. The van der Waals surface area contributed by atoms with Gasteiger partial charge in [-0.2, -0.15) is 0 Å². The Morgan fingerprint density at radius 3 is 3.17 bits per heavy atom. The Balaban J connectivity index is 2.48. The smallest absolute Gasteiger partial charge is 0.262 e. The highest BCUT2D eigenvalue weighted by molar-refractivity contribution is 5.95. The summed E-state index contributed by atoms with van der Waals surface area (Å²) < 4.78 is 5.00. The third kappa shape index (κ3) is 0.972. The fourth-order valence-corrected chi connectivity index (χ4v) is 1.10. The number of carbonyl (C=O) groups is 1. The third-order valence-corrected chi connectivity index (χ3v) is 1.62. The molecular formula is C8H7NO3. The number of ether oxygens (including phenoxy) is 1. The van der Waals surface area contributed by atoms with Gasteiger partial charge in [0.1, 0.15) is 0 Å². The van der Waals surface area contributed by atoms with E-state index < -0.39 is 0 Å². The summed E-state index contributed by atoms with van der Waals surface area (Å²) in [7, 11) is 0. The fraction of sp³-hybridized carbons (Fsp3) is 0.125. The van der Waals surface area contributed by atoms with Crippen LogP contribution >= 0.6 is 0 Å². The highest BCUT2D eigenvalue weighted by Crippen LogP contribution is 2.35. The first-order valence-corrected chi connectivity index (χ1v) is 3.52. The minimum atomic E-state index is -0.201. The number of benzene rings is 1. The molecule has 1 aromatic carbocycles. The van der Waals surface area contributed by atoms with E-state index in [1.807, 2.05) is 0 Å². The van der Waals surface area contributed by atoms with Crippen molar-refractivity contribution >= 4 is 11.6 Å². The molecule has 4 nitrogen and oxygen atoms in total. The van der Waals surface area contributed by atoms with Crippen LogP contribution in [0.15, 0.2) is 18.2 Å². The van der Waals surface area contributed by atoms with E-state index in [1.165, 1.54) is 6.07 Å². The maximum Gasteiger partial charge on any atom is 0.262 e. The molecule has 0 aliphatic carbocycles. The number of carbonyl (C=O) groups excluding carboxylic acids is 1. The number of hydrogen-bond donors (Lipinski definition) is 2. The molecule has 1 amide bonds. The van der Waals surface area contributed by atoms with Crippen molar-refractivity contribution in [2.24, 2.45) is 0 Å². The molecule has 0 spiro atoms. The van der Waals surface area contributed by atoms with Crippen molar-refractivity contribution in [1.82, 2.24) is 0 Å². The Morgan fingerprint density at radius 1 is 1.50 bits per heavy atom. The van der Waals surface area contributed by atoms with Crippen molar-refractivity contribution in [2.45, 2.75) is 0 Å². The number of anilines is 1. The summed E-state index contributed by atoms with van der Waals surface area (Å²) in [6, 6.07) is 4.82. The van der Waals surface area contributed by atoms with E-state index in [2.05, 4.69) is 5.32 Å². The topological polar surface area (TPSA) is 58.6 Å². The predicted molar refractivity (Wildman–Crippen MR) is 42.2 cm³/mol. The lowest BCUT2D eigenvalue weighted by Gasteiger charge is -2.17. The Labute approximate surface area is 68.8 Å². The van der Waals surface area contributed by atoms with Gasteiger partial charge in [0.2, 0.25) is 0 Å². The number of aromatic hydroxyl groups is 1. The van der Waals surface area contributed by atoms with E-state index >= 15 is 0 Å². The first-order chi connectivity index (χ1) is 5.77. The molecule has 0 saturated heterocycles. The van der Waals surface area contributed by atoms with Crippen LogP contribution < -0.4 is 10.1 Å². The molecule has 0 saturated carbocycles. The van der Waals surface area contributed by atoms with Gasteiger partial charge in [-0.3, -0.25) is 4.79 Å². The molecule has 0 atom stereocenters. The second-order valence-corrected chi connectivity index (χ2v) is 2.49. The van der Waals surface area contributed by atoms with Gasteiger partial charge in [0, 0.05) is 0 Å². The highest BCUT2D eigenvalue weighted by Gasteiger charge is 2.17. The number of nitrogens with one attached hydrogen (secondary N) is 1. The van der Waals surface area contributed by atoms with Gasteiger partial charge in [-0.15, -0.1) is 0 Å². The third-order valence-electron chi connectivity index (χ3n) is 1.62. The molecule has 1 heterocycles. The van der Waals surface area contributed by atoms with Crippen LogP contribution in [-0.4, -0.2) is 17.6 Å². The first-order valence-electron chi connectivity index (χ1n) is 3.52. The fourth-order valence-electron chi connectivity index (χ4n) is 1.10. The summed E-state index contributed by atoms with van der Waals surface area (Å²) in [5.41, 5.74) is 0.520. The summed E-state index contributed by atoms with van der Waals surface area (Å²) in [4.78, 5) is 10.8. The standard InChI is InChI=1S/C8H7NO3/c10-6-3-1-2-5-8(6)12-4-7(11)9-5/h1-3,10H,4H2,(H,9,11). The molecule has 62 valence electrons. The maximum absolute atomic E-state index is 10.8. The van der Waals surface area contributed by atoms with Crippen LogP contribution in [0.3, 0.4) is 0 Å². The van der Waals surface area contributed by atoms with Gasteiger partial charge < -0.3 is 15.2 Å². The quantitative estimate of drug-likeness (QED) is 0.595. The molecule has 0 unspecified atom stereocenters. The molecule has 12 heavy (non-hydrogen) atoms. The lowest BCUT2D eigenvalue weighted by molar-refractivity contribution is -0.118. The number of para-hydroxylation sites is 1. The molecule has 0 fully saturated rings. The Kier molecular flexibility index (Phi) is 1.40. The zero-order chi connectivity index (χ0) is 8.55. The van der Waals surface area contributed by atoms with Crippen LogP contribution in [0.4, 0.5) is 5.69 Å². The molecular weight excluding hydrogens is 158 g/mol. The van der Waals surface area contributed by atoms with Crippen LogP contribution in [0.5, 0.6) is 11.5 Å². The van der Waals surface area contributed by atoms with Gasteiger partial charge in [0.15, 0.2) is 18.1 Å². The molecule has 1 aliphatic rings. The van der Waals surface area contributed by atoms with Gasteiger partial charge in [-0.25, -0.2) is 0 Å². The molecule has 1 aliphatic heterocycles. The second-order valence-electron chi connectivity index (χ2n) is 2.49. The van der Waals surface area contributed by atoms with Crippen molar-refractivity contribution in [2.75, 3.05) is 11.9 Å². The van der Waals surface area contributed by atoms with E-state index in [0.717, 1.165) is 0 Å².